The number of primary amides is 1. The highest BCUT2D eigenvalue weighted by molar-refractivity contribution is 6.21. The van der Waals surface area contributed by atoms with Crippen molar-refractivity contribution >= 4 is 17.7 Å². The van der Waals surface area contributed by atoms with Crippen LogP contribution in [0, 0.1) is 5.92 Å². The summed E-state index contributed by atoms with van der Waals surface area (Å²) in [7, 11) is 2.11. The van der Waals surface area contributed by atoms with E-state index < -0.39 is 5.41 Å². The van der Waals surface area contributed by atoms with Crippen LogP contribution in [0.5, 0.6) is 0 Å². The predicted octanol–water partition coefficient (Wildman–Crippen LogP) is 5.35. The molecule has 0 aliphatic carbocycles. The topological polar surface area (TPSA) is 86.9 Å². The Balaban J connectivity index is 0.997. The average Bonchev–Trinajstić information content (AvgIpc) is 3.61. The van der Waals surface area contributed by atoms with Crippen molar-refractivity contribution in [2.75, 3.05) is 46.3 Å². The van der Waals surface area contributed by atoms with Gasteiger partial charge < -0.3 is 15.5 Å². The molecule has 3 amide bonds. The number of nitrogens with zero attached hydrogens (tertiary/aromatic N) is 3. The molecule has 44 heavy (non-hydrogen) atoms. The molecule has 2 aliphatic heterocycles. The summed E-state index contributed by atoms with van der Waals surface area (Å²) in [4.78, 5) is 44.6. The molecule has 1 atom stereocenters. The van der Waals surface area contributed by atoms with Crippen molar-refractivity contribution in [3.8, 4) is 0 Å². The fourth-order valence-electron chi connectivity index (χ4n) is 7.22. The quantitative estimate of drug-likeness (QED) is 0.179. The van der Waals surface area contributed by atoms with Gasteiger partial charge >= 0.3 is 0 Å². The summed E-state index contributed by atoms with van der Waals surface area (Å²) in [6.45, 7) is 5.26. The monoisotopic (exact) mass is 594 g/mol. The molecule has 0 spiro atoms. The molecule has 2 heterocycles. The maximum atomic E-state index is 13.3. The maximum Gasteiger partial charge on any atom is 0.261 e. The fourth-order valence-corrected chi connectivity index (χ4v) is 7.22. The second-order valence-corrected chi connectivity index (χ2v) is 12.4. The Hall–Kier alpha value is -3.81. The molecular formula is C37H46N4O3. The van der Waals surface area contributed by atoms with Crippen LogP contribution in [0.1, 0.15) is 76.8 Å². The van der Waals surface area contributed by atoms with Gasteiger partial charge in [0.15, 0.2) is 0 Å². The Bertz CT molecular complexity index is 1340. The van der Waals surface area contributed by atoms with E-state index in [-0.39, 0.29) is 23.6 Å². The Kier molecular flexibility index (Phi) is 10.6. The first-order chi connectivity index (χ1) is 21.4. The molecule has 1 fully saturated rings. The van der Waals surface area contributed by atoms with Gasteiger partial charge in [0.25, 0.3) is 11.8 Å². The number of rotatable bonds is 16. The SMILES string of the molecule is CN(CCCCCCCN1CCC(C(C(N)=O)(c2ccccc2)c2ccccc2)C1)CCCN1C(=O)c2ccccc2C1=O. The van der Waals surface area contributed by atoms with Crippen molar-refractivity contribution < 1.29 is 14.4 Å². The average molecular weight is 595 g/mol. The summed E-state index contributed by atoms with van der Waals surface area (Å²) in [5.41, 5.74) is 8.43. The van der Waals surface area contributed by atoms with Crippen LogP contribution in [-0.4, -0.2) is 78.7 Å². The highest BCUT2D eigenvalue weighted by Gasteiger charge is 2.49. The normalized spacial score (nSPS) is 17.0. The zero-order chi connectivity index (χ0) is 30.9. The van der Waals surface area contributed by atoms with Gasteiger partial charge in [-0.05, 0) is 88.1 Å². The second-order valence-electron chi connectivity index (χ2n) is 12.4. The van der Waals surface area contributed by atoms with Crippen LogP contribution in [0.4, 0.5) is 0 Å². The fraction of sp³-hybridized carbons (Fsp3) is 0.432. The first-order valence-electron chi connectivity index (χ1n) is 16.2. The molecule has 0 radical (unpaired) electrons. The van der Waals surface area contributed by atoms with E-state index in [2.05, 4.69) is 16.8 Å². The van der Waals surface area contributed by atoms with Crippen molar-refractivity contribution in [2.45, 2.75) is 50.4 Å². The number of benzene rings is 3. The van der Waals surface area contributed by atoms with Crippen molar-refractivity contribution in [3.05, 3.63) is 107 Å². The molecule has 7 nitrogen and oxygen atoms in total. The third kappa shape index (κ3) is 6.79. The number of carbonyl (C=O) groups excluding carboxylic acids is 3. The molecule has 0 saturated carbocycles. The van der Waals surface area contributed by atoms with E-state index in [9.17, 15) is 14.4 Å². The van der Waals surface area contributed by atoms with Crippen LogP contribution in [-0.2, 0) is 10.2 Å². The van der Waals surface area contributed by atoms with Crippen LogP contribution in [0.3, 0.4) is 0 Å². The smallest absolute Gasteiger partial charge is 0.261 e. The maximum absolute atomic E-state index is 13.3. The van der Waals surface area contributed by atoms with Gasteiger partial charge in [-0.2, -0.15) is 0 Å². The lowest BCUT2D eigenvalue weighted by Crippen LogP contribution is -2.49. The Morgan fingerprint density at radius 3 is 1.86 bits per heavy atom. The van der Waals surface area contributed by atoms with Crippen LogP contribution < -0.4 is 5.73 Å². The predicted molar refractivity (Wildman–Crippen MR) is 174 cm³/mol. The summed E-state index contributed by atoms with van der Waals surface area (Å²) in [6, 6.07) is 27.2. The third-order valence-corrected chi connectivity index (χ3v) is 9.55. The summed E-state index contributed by atoms with van der Waals surface area (Å²) in [6.07, 6.45) is 7.63. The third-order valence-electron chi connectivity index (χ3n) is 9.55. The van der Waals surface area contributed by atoms with Gasteiger partial charge in [-0.3, -0.25) is 19.3 Å². The van der Waals surface area contributed by atoms with Gasteiger partial charge in [-0.15, -0.1) is 0 Å². The van der Waals surface area contributed by atoms with Crippen molar-refractivity contribution in [1.82, 2.24) is 14.7 Å². The number of hydrogen-bond donors (Lipinski definition) is 1. The van der Waals surface area contributed by atoms with E-state index in [4.69, 9.17) is 5.73 Å². The molecule has 1 saturated heterocycles. The Labute approximate surface area is 262 Å². The number of likely N-dealkylation sites (tertiary alicyclic amines) is 1. The lowest BCUT2D eigenvalue weighted by molar-refractivity contribution is -0.123. The molecule has 2 aliphatic rings. The molecular weight excluding hydrogens is 548 g/mol. The van der Waals surface area contributed by atoms with Crippen LogP contribution in [0.15, 0.2) is 84.9 Å². The van der Waals surface area contributed by atoms with E-state index >= 15 is 0 Å². The minimum absolute atomic E-state index is 0.136. The van der Waals surface area contributed by atoms with Crippen LogP contribution in [0.2, 0.25) is 0 Å². The molecule has 232 valence electrons. The number of imide groups is 1. The molecule has 0 bridgehead atoms. The van der Waals surface area contributed by atoms with Gasteiger partial charge in [-0.25, -0.2) is 0 Å². The minimum atomic E-state index is -0.826. The molecule has 1 unspecified atom stereocenters. The van der Waals surface area contributed by atoms with E-state index in [0.717, 1.165) is 69.5 Å². The lowest BCUT2D eigenvalue weighted by Gasteiger charge is -2.37. The lowest BCUT2D eigenvalue weighted by atomic mass is 9.64. The van der Waals surface area contributed by atoms with Gasteiger partial charge in [0.1, 0.15) is 5.41 Å². The Morgan fingerprint density at radius 2 is 1.27 bits per heavy atom. The first kappa shape index (κ1) is 31.6. The zero-order valence-electron chi connectivity index (χ0n) is 26.0. The molecule has 5 rings (SSSR count). The van der Waals surface area contributed by atoms with Crippen molar-refractivity contribution in [1.29, 1.82) is 0 Å². The van der Waals surface area contributed by atoms with Crippen molar-refractivity contribution in [2.24, 2.45) is 11.7 Å². The number of amides is 3. The minimum Gasteiger partial charge on any atom is -0.369 e. The largest absolute Gasteiger partial charge is 0.369 e. The summed E-state index contributed by atoms with van der Waals surface area (Å²) in [5, 5.41) is 0. The highest BCUT2D eigenvalue weighted by atomic mass is 16.2. The molecule has 0 aromatic heterocycles. The van der Waals surface area contributed by atoms with E-state index in [1.807, 2.05) is 60.7 Å². The number of fused-ring (bicyclic) bond motifs is 1. The number of hydrogen-bond acceptors (Lipinski definition) is 5. The van der Waals surface area contributed by atoms with Gasteiger partial charge in [0.05, 0.1) is 11.1 Å². The first-order valence-corrected chi connectivity index (χ1v) is 16.2. The molecule has 2 N–H and O–H groups in total. The zero-order valence-corrected chi connectivity index (χ0v) is 26.0. The number of unbranched alkanes of at least 4 members (excludes halogenated alkanes) is 4. The summed E-state index contributed by atoms with van der Waals surface area (Å²) >= 11 is 0. The number of carbonyl (C=O) groups is 3. The highest BCUT2D eigenvalue weighted by Crippen LogP contribution is 2.43. The van der Waals surface area contributed by atoms with E-state index in [0.29, 0.717) is 17.7 Å². The van der Waals surface area contributed by atoms with E-state index in [1.165, 1.54) is 24.2 Å². The van der Waals surface area contributed by atoms with Crippen LogP contribution in [0.25, 0.3) is 0 Å². The van der Waals surface area contributed by atoms with Gasteiger partial charge in [-0.1, -0.05) is 92.1 Å². The standard InChI is InChI=1S/C37H46N4O3/c1-39(24-15-26-41-34(42)32-20-11-12-21-33(32)35(41)43)23-13-3-2-4-14-25-40-27-22-31(28-40)37(36(38)44,29-16-7-5-8-17-29)30-18-9-6-10-19-30/h5-12,16-21,31H,2-4,13-15,22-28H2,1H3,(H2,38,44). The van der Waals surface area contributed by atoms with E-state index in [1.54, 1.807) is 24.3 Å². The molecule has 3 aromatic carbocycles. The van der Waals surface area contributed by atoms with Crippen LogP contribution >= 0.6 is 0 Å². The Morgan fingerprint density at radius 1 is 0.750 bits per heavy atom. The molecule has 3 aromatic rings. The van der Waals surface area contributed by atoms with Gasteiger partial charge in [0, 0.05) is 13.1 Å². The summed E-state index contributed by atoms with van der Waals surface area (Å²) in [5.74, 6) is -0.470. The van der Waals surface area contributed by atoms with Gasteiger partial charge in [0.2, 0.25) is 5.91 Å². The number of nitrogens with two attached hydrogens (primary N) is 1. The second kappa shape index (κ2) is 14.8. The molecule has 7 heteroatoms. The summed E-state index contributed by atoms with van der Waals surface area (Å²) < 4.78 is 0. The van der Waals surface area contributed by atoms with Crippen molar-refractivity contribution in [3.63, 3.8) is 0 Å².